The number of hydrogen-bond donors (Lipinski definition) is 0. The minimum Gasteiger partial charge on any atom is -0.491 e. The Bertz CT molecular complexity index is 781. The van der Waals surface area contributed by atoms with Crippen LogP contribution in [0.3, 0.4) is 0 Å². The van der Waals surface area contributed by atoms with Crippen LogP contribution in [0.4, 0.5) is 0 Å². The average molecular weight is 298 g/mol. The molecule has 0 unspecified atom stereocenters. The Morgan fingerprint density at radius 3 is 2.59 bits per heavy atom. The topological polar surface area (TPSA) is 62.1 Å². The number of rotatable bonds is 5. The van der Waals surface area contributed by atoms with E-state index in [1.54, 1.807) is 18.0 Å². The number of fused-ring (bicyclic) bond motifs is 1. The lowest BCUT2D eigenvalue weighted by Gasteiger charge is -2.07. The van der Waals surface area contributed by atoms with Gasteiger partial charge in [0.25, 0.3) is 0 Å². The fraction of sp³-hybridized carbons (Fsp3) is 0.312. The maximum absolute atomic E-state index is 5.58. The Hall–Kier alpha value is -2.47. The number of benzene rings is 1. The van der Waals surface area contributed by atoms with Gasteiger partial charge in [0, 0.05) is 19.7 Å². The van der Waals surface area contributed by atoms with Gasteiger partial charge in [0.1, 0.15) is 18.2 Å². The van der Waals surface area contributed by atoms with Gasteiger partial charge in [-0.05, 0) is 31.2 Å². The fourth-order valence-corrected chi connectivity index (χ4v) is 2.30. The van der Waals surface area contributed by atoms with Gasteiger partial charge in [-0.15, -0.1) is 0 Å². The molecule has 0 spiro atoms. The highest BCUT2D eigenvalue weighted by Crippen LogP contribution is 2.27. The molecule has 3 rings (SSSR count). The highest BCUT2D eigenvalue weighted by molar-refractivity contribution is 5.90. The first-order chi connectivity index (χ1) is 10.7. The van der Waals surface area contributed by atoms with E-state index in [1.165, 1.54) is 0 Å². The molecule has 2 aromatic heterocycles. The van der Waals surface area contributed by atoms with Crippen molar-refractivity contribution in [1.29, 1.82) is 0 Å². The van der Waals surface area contributed by atoms with E-state index >= 15 is 0 Å². The summed E-state index contributed by atoms with van der Waals surface area (Å²) < 4.78 is 12.3. The second-order valence-electron chi connectivity index (χ2n) is 4.99. The molecule has 0 fully saturated rings. The SMILES string of the molecule is COCCOc1ccc(-c2nc(C)nc3c2cnn3C)cc1. The van der Waals surface area contributed by atoms with Crippen molar-refractivity contribution in [3.05, 3.63) is 36.3 Å². The average Bonchev–Trinajstić information content (AvgIpc) is 2.89. The predicted octanol–water partition coefficient (Wildman–Crippen LogP) is 2.36. The van der Waals surface area contributed by atoms with E-state index in [2.05, 4.69) is 15.1 Å². The summed E-state index contributed by atoms with van der Waals surface area (Å²) in [5.74, 6) is 1.54. The molecule has 0 saturated heterocycles. The summed E-state index contributed by atoms with van der Waals surface area (Å²) in [7, 11) is 3.54. The van der Waals surface area contributed by atoms with Gasteiger partial charge in [-0.25, -0.2) is 9.97 Å². The van der Waals surface area contributed by atoms with Crippen molar-refractivity contribution >= 4 is 11.0 Å². The molecule has 2 heterocycles. The molecule has 6 heteroatoms. The zero-order chi connectivity index (χ0) is 15.5. The van der Waals surface area contributed by atoms with Crippen LogP contribution in [0, 0.1) is 6.92 Å². The summed E-state index contributed by atoms with van der Waals surface area (Å²) in [5.41, 5.74) is 2.74. The van der Waals surface area contributed by atoms with Crippen LogP contribution in [0.25, 0.3) is 22.3 Å². The summed E-state index contributed by atoms with van der Waals surface area (Å²) in [5, 5.41) is 5.21. The normalized spacial score (nSPS) is 11.0. The third kappa shape index (κ3) is 2.78. The molecule has 0 aliphatic carbocycles. The molecule has 22 heavy (non-hydrogen) atoms. The smallest absolute Gasteiger partial charge is 0.161 e. The molecule has 0 aliphatic heterocycles. The molecule has 1 aromatic carbocycles. The lowest BCUT2D eigenvalue weighted by Crippen LogP contribution is -2.04. The van der Waals surface area contributed by atoms with Gasteiger partial charge < -0.3 is 9.47 Å². The lowest BCUT2D eigenvalue weighted by atomic mass is 10.1. The molecule has 0 atom stereocenters. The molecule has 0 aliphatic rings. The number of nitrogens with zero attached hydrogens (tertiary/aromatic N) is 4. The van der Waals surface area contributed by atoms with Gasteiger partial charge in [0.15, 0.2) is 5.65 Å². The van der Waals surface area contributed by atoms with Crippen molar-refractivity contribution in [3.8, 4) is 17.0 Å². The van der Waals surface area contributed by atoms with E-state index in [1.807, 2.05) is 38.2 Å². The molecule has 0 N–H and O–H groups in total. The second-order valence-corrected chi connectivity index (χ2v) is 4.99. The Kier molecular flexibility index (Phi) is 4.02. The minimum atomic E-state index is 0.537. The number of methoxy groups -OCH3 is 1. The first-order valence-corrected chi connectivity index (χ1v) is 7.07. The highest BCUT2D eigenvalue weighted by atomic mass is 16.5. The maximum atomic E-state index is 5.58. The van der Waals surface area contributed by atoms with Crippen molar-refractivity contribution < 1.29 is 9.47 Å². The van der Waals surface area contributed by atoms with Crippen LogP contribution in [-0.2, 0) is 11.8 Å². The van der Waals surface area contributed by atoms with Crippen LogP contribution in [0.15, 0.2) is 30.5 Å². The largest absolute Gasteiger partial charge is 0.491 e. The minimum absolute atomic E-state index is 0.537. The van der Waals surface area contributed by atoms with Gasteiger partial charge >= 0.3 is 0 Å². The summed E-state index contributed by atoms with van der Waals surface area (Å²) in [6.07, 6.45) is 1.80. The molecule has 0 saturated carbocycles. The first-order valence-electron chi connectivity index (χ1n) is 7.07. The predicted molar refractivity (Wildman–Crippen MR) is 83.8 cm³/mol. The Morgan fingerprint density at radius 2 is 1.86 bits per heavy atom. The Labute approximate surface area is 128 Å². The summed E-state index contributed by atoms with van der Waals surface area (Å²) in [6.45, 7) is 3.00. The van der Waals surface area contributed by atoms with Gasteiger partial charge in [-0.1, -0.05) is 0 Å². The Balaban J connectivity index is 1.94. The van der Waals surface area contributed by atoms with E-state index in [0.717, 1.165) is 33.9 Å². The van der Waals surface area contributed by atoms with Crippen LogP contribution in [0.1, 0.15) is 5.82 Å². The molecule has 0 amide bonds. The quantitative estimate of drug-likeness (QED) is 0.677. The van der Waals surface area contributed by atoms with Gasteiger partial charge in [-0.3, -0.25) is 4.68 Å². The molecule has 0 bridgehead atoms. The van der Waals surface area contributed by atoms with Crippen LogP contribution < -0.4 is 4.74 Å². The van der Waals surface area contributed by atoms with Crippen molar-refractivity contribution in [2.75, 3.05) is 20.3 Å². The zero-order valence-electron chi connectivity index (χ0n) is 12.9. The highest BCUT2D eigenvalue weighted by Gasteiger charge is 2.11. The third-order valence-corrected chi connectivity index (χ3v) is 3.39. The molecular formula is C16H18N4O2. The van der Waals surface area contributed by atoms with Gasteiger partial charge in [0.05, 0.1) is 23.9 Å². The zero-order valence-corrected chi connectivity index (χ0v) is 12.9. The van der Waals surface area contributed by atoms with Crippen molar-refractivity contribution in [3.63, 3.8) is 0 Å². The second kappa shape index (κ2) is 6.11. The van der Waals surface area contributed by atoms with E-state index in [4.69, 9.17) is 9.47 Å². The number of aromatic nitrogens is 4. The lowest BCUT2D eigenvalue weighted by molar-refractivity contribution is 0.146. The molecule has 0 radical (unpaired) electrons. The van der Waals surface area contributed by atoms with E-state index in [0.29, 0.717) is 13.2 Å². The Morgan fingerprint density at radius 1 is 1.09 bits per heavy atom. The summed E-state index contributed by atoms with van der Waals surface area (Å²) >= 11 is 0. The monoisotopic (exact) mass is 298 g/mol. The third-order valence-electron chi connectivity index (χ3n) is 3.39. The van der Waals surface area contributed by atoms with E-state index < -0.39 is 0 Å². The summed E-state index contributed by atoms with van der Waals surface area (Å²) in [4.78, 5) is 9.00. The summed E-state index contributed by atoms with van der Waals surface area (Å²) in [6, 6.07) is 7.86. The molecule has 114 valence electrons. The van der Waals surface area contributed by atoms with E-state index in [-0.39, 0.29) is 0 Å². The van der Waals surface area contributed by atoms with E-state index in [9.17, 15) is 0 Å². The first kappa shape index (κ1) is 14.5. The number of aryl methyl sites for hydroxylation is 2. The van der Waals surface area contributed by atoms with Gasteiger partial charge in [0.2, 0.25) is 0 Å². The van der Waals surface area contributed by atoms with Crippen molar-refractivity contribution in [2.45, 2.75) is 6.92 Å². The van der Waals surface area contributed by atoms with Crippen LogP contribution >= 0.6 is 0 Å². The number of ether oxygens (including phenoxy) is 2. The fourth-order valence-electron chi connectivity index (χ4n) is 2.30. The molecular weight excluding hydrogens is 280 g/mol. The van der Waals surface area contributed by atoms with Crippen molar-refractivity contribution in [2.24, 2.45) is 7.05 Å². The molecule has 3 aromatic rings. The van der Waals surface area contributed by atoms with Crippen LogP contribution in [0.2, 0.25) is 0 Å². The van der Waals surface area contributed by atoms with Crippen LogP contribution in [0.5, 0.6) is 5.75 Å². The number of hydrogen-bond acceptors (Lipinski definition) is 5. The maximum Gasteiger partial charge on any atom is 0.161 e. The van der Waals surface area contributed by atoms with Gasteiger partial charge in [-0.2, -0.15) is 5.10 Å². The standard InChI is InChI=1S/C16H18N4O2/c1-11-18-15(14-10-17-20(2)16(14)19-11)12-4-6-13(7-5-12)22-9-8-21-3/h4-7,10H,8-9H2,1-3H3. The molecule has 6 nitrogen and oxygen atoms in total. The van der Waals surface area contributed by atoms with Crippen LogP contribution in [-0.4, -0.2) is 40.1 Å². The van der Waals surface area contributed by atoms with Crippen molar-refractivity contribution in [1.82, 2.24) is 19.7 Å².